The molecule has 3 aromatic rings. The third-order valence-corrected chi connectivity index (χ3v) is 2.90. The minimum absolute atomic E-state index is 0.769. The van der Waals surface area contributed by atoms with Crippen molar-refractivity contribution < 1.29 is 0 Å². The number of aryl methyl sites for hydroxylation is 1. The second-order valence-electron chi connectivity index (χ2n) is 4.28. The van der Waals surface area contributed by atoms with Crippen LogP contribution in [0.15, 0.2) is 42.9 Å². The molecule has 0 fully saturated rings. The lowest BCUT2D eigenvalue weighted by Crippen LogP contribution is -2.13. The van der Waals surface area contributed by atoms with E-state index >= 15 is 0 Å². The second-order valence-corrected chi connectivity index (χ2v) is 4.28. The minimum Gasteiger partial charge on any atom is -0.307 e. The Labute approximate surface area is 105 Å². The van der Waals surface area contributed by atoms with Crippen LogP contribution >= 0.6 is 0 Å². The lowest BCUT2D eigenvalue weighted by molar-refractivity contribution is 0.658. The van der Waals surface area contributed by atoms with Crippen LogP contribution in [0.3, 0.4) is 0 Å². The molecule has 0 atom stereocenters. The van der Waals surface area contributed by atoms with Crippen molar-refractivity contribution in [2.45, 2.75) is 13.1 Å². The molecule has 0 radical (unpaired) electrons. The van der Waals surface area contributed by atoms with E-state index in [1.807, 2.05) is 53.0 Å². The van der Waals surface area contributed by atoms with Gasteiger partial charge in [-0.05, 0) is 18.2 Å². The summed E-state index contributed by atoms with van der Waals surface area (Å²) in [5.41, 5.74) is 3.39. The number of fused-ring (bicyclic) bond motifs is 1. The first-order chi connectivity index (χ1) is 8.83. The van der Waals surface area contributed by atoms with Gasteiger partial charge in [-0.15, -0.1) is 0 Å². The molecule has 0 aromatic carbocycles. The minimum atomic E-state index is 0.769. The van der Waals surface area contributed by atoms with E-state index in [1.54, 1.807) is 0 Å². The molecule has 5 nitrogen and oxygen atoms in total. The number of aromatic nitrogens is 4. The molecule has 0 amide bonds. The van der Waals surface area contributed by atoms with Crippen LogP contribution in [0, 0.1) is 0 Å². The summed E-state index contributed by atoms with van der Waals surface area (Å²) in [6, 6.07) is 8.10. The van der Waals surface area contributed by atoms with E-state index in [-0.39, 0.29) is 0 Å². The molecule has 92 valence electrons. The highest BCUT2D eigenvalue weighted by Gasteiger charge is 2.03. The normalized spacial score (nSPS) is 11.2. The molecule has 0 aliphatic heterocycles. The van der Waals surface area contributed by atoms with E-state index in [2.05, 4.69) is 21.6 Å². The van der Waals surface area contributed by atoms with Crippen LogP contribution in [0.25, 0.3) is 5.52 Å². The molecule has 0 saturated heterocycles. The van der Waals surface area contributed by atoms with Gasteiger partial charge >= 0.3 is 0 Å². The molecule has 3 rings (SSSR count). The zero-order valence-electron chi connectivity index (χ0n) is 10.2. The Morgan fingerprint density at radius 1 is 1.17 bits per heavy atom. The fourth-order valence-corrected chi connectivity index (χ4v) is 2.01. The van der Waals surface area contributed by atoms with Crippen molar-refractivity contribution in [3.8, 4) is 0 Å². The molecule has 3 aromatic heterocycles. The maximum absolute atomic E-state index is 4.33. The maximum Gasteiger partial charge on any atom is 0.0762 e. The van der Waals surface area contributed by atoms with Crippen LogP contribution in [0.5, 0.6) is 0 Å². The SMILES string of the molecule is Cn1ccc(CNCc2cnn3ccccc23)n1. The second kappa shape index (κ2) is 4.62. The molecular formula is C13H15N5. The Bertz CT molecular complexity index is 652. The van der Waals surface area contributed by atoms with Gasteiger partial charge in [-0.1, -0.05) is 6.07 Å². The molecule has 5 heteroatoms. The third kappa shape index (κ3) is 2.12. The van der Waals surface area contributed by atoms with Crippen molar-refractivity contribution in [1.29, 1.82) is 0 Å². The quantitative estimate of drug-likeness (QED) is 0.750. The van der Waals surface area contributed by atoms with E-state index in [0.717, 1.165) is 24.3 Å². The lowest BCUT2D eigenvalue weighted by atomic mass is 10.2. The summed E-state index contributed by atoms with van der Waals surface area (Å²) in [4.78, 5) is 0. The van der Waals surface area contributed by atoms with Crippen molar-refractivity contribution in [1.82, 2.24) is 24.7 Å². The van der Waals surface area contributed by atoms with Crippen LogP contribution in [0.2, 0.25) is 0 Å². The van der Waals surface area contributed by atoms with Crippen molar-refractivity contribution in [2.75, 3.05) is 0 Å². The predicted molar refractivity (Wildman–Crippen MR) is 68.9 cm³/mol. The fraction of sp³-hybridized carbons (Fsp3) is 0.231. The summed E-state index contributed by atoms with van der Waals surface area (Å²) in [5.74, 6) is 0. The highest BCUT2D eigenvalue weighted by Crippen LogP contribution is 2.09. The van der Waals surface area contributed by atoms with E-state index < -0.39 is 0 Å². The topological polar surface area (TPSA) is 47.2 Å². The molecule has 0 spiro atoms. The number of pyridine rings is 1. The monoisotopic (exact) mass is 241 g/mol. The fourth-order valence-electron chi connectivity index (χ4n) is 2.01. The van der Waals surface area contributed by atoms with Gasteiger partial charge in [-0.2, -0.15) is 10.2 Å². The summed E-state index contributed by atoms with van der Waals surface area (Å²) < 4.78 is 3.70. The van der Waals surface area contributed by atoms with Crippen molar-refractivity contribution >= 4 is 5.52 Å². The van der Waals surface area contributed by atoms with Gasteiger partial charge in [0.1, 0.15) is 0 Å². The summed E-state index contributed by atoms with van der Waals surface area (Å²) in [5, 5.41) is 12.0. The highest BCUT2D eigenvalue weighted by molar-refractivity contribution is 5.53. The first-order valence-electron chi connectivity index (χ1n) is 5.93. The van der Waals surface area contributed by atoms with Gasteiger partial charge < -0.3 is 5.32 Å². The van der Waals surface area contributed by atoms with Crippen LogP contribution in [0.4, 0.5) is 0 Å². The van der Waals surface area contributed by atoms with E-state index in [4.69, 9.17) is 0 Å². The molecule has 0 bridgehead atoms. The number of nitrogens with zero attached hydrogens (tertiary/aromatic N) is 4. The van der Waals surface area contributed by atoms with E-state index in [0.29, 0.717) is 0 Å². The molecule has 0 aliphatic rings. The Kier molecular flexibility index (Phi) is 2.82. The standard InChI is InChI=1S/C13H15N5/c1-17-7-5-12(16-17)10-14-8-11-9-15-18-6-3-2-4-13(11)18/h2-7,9,14H,8,10H2,1H3. The van der Waals surface area contributed by atoms with Crippen molar-refractivity contribution in [3.63, 3.8) is 0 Å². The van der Waals surface area contributed by atoms with Gasteiger partial charge in [-0.3, -0.25) is 4.68 Å². The molecular weight excluding hydrogens is 226 g/mol. The summed E-state index contributed by atoms with van der Waals surface area (Å²) in [7, 11) is 1.93. The van der Waals surface area contributed by atoms with Gasteiger partial charge in [0.05, 0.1) is 17.4 Å². The molecule has 0 unspecified atom stereocenters. The highest BCUT2D eigenvalue weighted by atomic mass is 15.3. The Morgan fingerprint density at radius 3 is 2.94 bits per heavy atom. The van der Waals surface area contributed by atoms with Crippen LogP contribution < -0.4 is 5.32 Å². The zero-order valence-corrected chi connectivity index (χ0v) is 10.2. The largest absolute Gasteiger partial charge is 0.307 e. The summed E-state index contributed by atoms with van der Waals surface area (Å²) in [6.45, 7) is 1.56. The molecule has 18 heavy (non-hydrogen) atoms. The van der Waals surface area contributed by atoms with E-state index in [9.17, 15) is 0 Å². The molecule has 3 heterocycles. The van der Waals surface area contributed by atoms with Crippen LogP contribution in [-0.2, 0) is 20.1 Å². The number of nitrogens with one attached hydrogen (secondary N) is 1. The molecule has 0 aliphatic carbocycles. The van der Waals surface area contributed by atoms with Crippen molar-refractivity contribution in [2.24, 2.45) is 7.05 Å². The average Bonchev–Trinajstić information content (AvgIpc) is 2.97. The van der Waals surface area contributed by atoms with Crippen LogP contribution in [-0.4, -0.2) is 19.4 Å². The van der Waals surface area contributed by atoms with Gasteiger partial charge in [0, 0.05) is 38.1 Å². The number of rotatable bonds is 4. The molecule has 0 saturated carbocycles. The summed E-state index contributed by atoms with van der Waals surface area (Å²) in [6.07, 6.45) is 5.81. The van der Waals surface area contributed by atoms with E-state index in [1.165, 1.54) is 5.56 Å². The average molecular weight is 241 g/mol. The summed E-state index contributed by atoms with van der Waals surface area (Å²) >= 11 is 0. The van der Waals surface area contributed by atoms with Gasteiger partial charge in [0.2, 0.25) is 0 Å². The third-order valence-electron chi connectivity index (χ3n) is 2.90. The van der Waals surface area contributed by atoms with Gasteiger partial charge in [0.15, 0.2) is 0 Å². The van der Waals surface area contributed by atoms with Gasteiger partial charge in [0.25, 0.3) is 0 Å². The Balaban J connectivity index is 1.66. The zero-order chi connectivity index (χ0) is 12.4. The lowest BCUT2D eigenvalue weighted by Gasteiger charge is -2.01. The molecule has 1 N–H and O–H groups in total. The maximum atomic E-state index is 4.33. The Hall–Kier alpha value is -2.14. The van der Waals surface area contributed by atoms with Gasteiger partial charge in [-0.25, -0.2) is 4.52 Å². The predicted octanol–water partition coefficient (Wildman–Crippen LogP) is 1.36. The first-order valence-corrected chi connectivity index (χ1v) is 5.93. The first kappa shape index (κ1) is 11.0. The van der Waals surface area contributed by atoms with Crippen LogP contribution in [0.1, 0.15) is 11.3 Å². The number of hydrogen-bond donors (Lipinski definition) is 1. The Morgan fingerprint density at radius 2 is 2.11 bits per heavy atom. The van der Waals surface area contributed by atoms with Crippen molar-refractivity contribution in [3.05, 3.63) is 54.1 Å². The number of hydrogen-bond acceptors (Lipinski definition) is 3. The smallest absolute Gasteiger partial charge is 0.0762 e.